The predicted octanol–water partition coefficient (Wildman–Crippen LogP) is 4.09. The SMILES string of the molecule is COc1ccccc1OCCNc1ccc(F)cc1Br. The molecule has 0 atom stereocenters. The standard InChI is InChI=1S/C15H15BrFNO2/c1-19-14-4-2-3-5-15(14)20-9-8-18-13-7-6-11(17)10-12(13)16/h2-7,10,18H,8-9H2,1H3. The molecule has 2 aromatic carbocycles. The number of anilines is 1. The van der Waals surface area contributed by atoms with Crippen LogP contribution in [0.1, 0.15) is 0 Å². The minimum absolute atomic E-state index is 0.271. The van der Waals surface area contributed by atoms with Gasteiger partial charge in [-0.15, -0.1) is 0 Å². The average Bonchev–Trinajstić information content (AvgIpc) is 2.46. The number of para-hydroxylation sites is 2. The third-order valence-corrected chi connectivity index (χ3v) is 3.33. The summed E-state index contributed by atoms with van der Waals surface area (Å²) in [5, 5.41) is 3.17. The van der Waals surface area contributed by atoms with Crippen LogP contribution >= 0.6 is 15.9 Å². The number of benzene rings is 2. The number of ether oxygens (including phenoxy) is 2. The maximum atomic E-state index is 12.9. The van der Waals surface area contributed by atoms with Gasteiger partial charge in [0.2, 0.25) is 0 Å². The smallest absolute Gasteiger partial charge is 0.161 e. The molecule has 20 heavy (non-hydrogen) atoms. The number of hydrogen-bond donors (Lipinski definition) is 1. The second kappa shape index (κ2) is 7.14. The first-order chi connectivity index (χ1) is 9.70. The fourth-order valence-corrected chi connectivity index (χ4v) is 2.21. The van der Waals surface area contributed by atoms with Crippen LogP contribution in [0.3, 0.4) is 0 Å². The Morgan fingerprint density at radius 1 is 1.15 bits per heavy atom. The minimum atomic E-state index is -0.271. The van der Waals surface area contributed by atoms with Crippen LogP contribution in [0.4, 0.5) is 10.1 Å². The van der Waals surface area contributed by atoms with E-state index in [9.17, 15) is 4.39 Å². The van der Waals surface area contributed by atoms with Crippen molar-refractivity contribution in [1.29, 1.82) is 0 Å². The summed E-state index contributed by atoms with van der Waals surface area (Å²) in [4.78, 5) is 0. The van der Waals surface area contributed by atoms with Crippen LogP contribution in [0.2, 0.25) is 0 Å². The average molecular weight is 340 g/mol. The van der Waals surface area contributed by atoms with Crippen molar-refractivity contribution in [3.05, 3.63) is 52.8 Å². The molecule has 0 saturated heterocycles. The highest BCUT2D eigenvalue weighted by Crippen LogP contribution is 2.26. The summed E-state index contributed by atoms with van der Waals surface area (Å²) >= 11 is 3.30. The van der Waals surface area contributed by atoms with E-state index in [1.165, 1.54) is 12.1 Å². The number of nitrogens with one attached hydrogen (secondary N) is 1. The van der Waals surface area contributed by atoms with Gasteiger partial charge in [-0.05, 0) is 46.3 Å². The normalized spacial score (nSPS) is 10.2. The van der Waals surface area contributed by atoms with E-state index in [4.69, 9.17) is 9.47 Å². The molecule has 3 nitrogen and oxygen atoms in total. The molecule has 0 aliphatic carbocycles. The van der Waals surface area contributed by atoms with Gasteiger partial charge >= 0.3 is 0 Å². The summed E-state index contributed by atoms with van der Waals surface area (Å²) in [5.41, 5.74) is 0.829. The first-order valence-electron chi connectivity index (χ1n) is 6.15. The molecule has 0 aliphatic rings. The molecular formula is C15H15BrFNO2. The lowest BCUT2D eigenvalue weighted by molar-refractivity contribution is 0.306. The Labute approximate surface area is 125 Å². The van der Waals surface area contributed by atoms with Gasteiger partial charge in [-0.3, -0.25) is 0 Å². The Morgan fingerprint density at radius 2 is 1.90 bits per heavy atom. The molecule has 0 fully saturated rings. The van der Waals surface area contributed by atoms with Crippen molar-refractivity contribution >= 4 is 21.6 Å². The molecule has 0 aliphatic heterocycles. The van der Waals surface area contributed by atoms with Gasteiger partial charge in [-0.1, -0.05) is 12.1 Å². The van der Waals surface area contributed by atoms with E-state index in [-0.39, 0.29) is 5.82 Å². The van der Waals surface area contributed by atoms with Gasteiger partial charge in [-0.2, -0.15) is 0 Å². The zero-order valence-electron chi connectivity index (χ0n) is 11.0. The van der Waals surface area contributed by atoms with Crippen LogP contribution in [0.25, 0.3) is 0 Å². The summed E-state index contributed by atoms with van der Waals surface area (Å²) in [6.07, 6.45) is 0. The largest absolute Gasteiger partial charge is 0.493 e. The van der Waals surface area contributed by atoms with Gasteiger partial charge in [0.1, 0.15) is 12.4 Å². The first kappa shape index (κ1) is 14.7. The molecule has 0 heterocycles. The number of hydrogen-bond acceptors (Lipinski definition) is 3. The second-order valence-electron chi connectivity index (χ2n) is 4.05. The lowest BCUT2D eigenvalue weighted by atomic mass is 10.3. The van der Waals surface area contributed by atoms with E-state index in [1.807, 2.05) is 24.3 Å². The molecule has 0 aromatic heterocycles. The van der Waals surface area contributed by atoms with E-state index < -0.39 is 0 Å². The van der Waals surface area contributed by atoms with Gasteiger partial charge in [0.15, 0.2) is 11.5 Å². The molecule has 0 saturated carbocycles. The molecule has 0 bridgehead atoms. The van der Waals surface area contributed by atoms with Gasteiger partial charge < -0.3 is 14.8 Å². The van der Waals surface area contributed by atoms with Crippen LogP contribution < -0.4 is 14.8 Å². The summed E-state index contributed by atoms with van der Waals surface area (Å²) in [6.45, 7) is 1.08. The van der Waals surface area contributed by atoms with Crippen molar-refractivity contribution in [2.75, 3.05) is 25.6 Å². The molecule has 0 amide bonds. The predicted molar refractivity (Wildman–Crippen MR) is 81.1 cm³/mol. The lowest BCUT2D eigenvalue weighted by Crippen LogP contribution is -2.12. The molecule has 2 rings (SSSR count). The molecule has 1 N–H and O–H groups in total. The molecule has 0 unspecified atom stereocenters. The zero-order chi connectivity index (χ0) is 14.4. The number of rotatable bonds is 6. The maximum absolute atomic E-state index is 12.9. The van der Waals surface area contributed by atoms with Crippen molar-refractivity contribution < 1.29 is 13.9 Å². The lowest BCUT2D eigenvalue weighted by Gasteiger charge is -2.12. The third-order valence-electron chi connectivity index (χ3n) is 2.68. The van der Waals surface area contributed by atoms with E-state index >= 15 is 0 Å². The zero-order valence-corrected chi connectivity index (χ0v) is 12.6. The van der Waals surface area contributed by atoms with Gasteiger partial charge in [0, 0.05) is 16.7 Å². The number of halogens is 2. The highest BCUT2D eigenvalue weighted by molar-refractivity contribution is 9.10. The van der Waals surface area contributed by atoms with E-state index in [2.05, 4.69) is 21.2 Å². The molecule has 0 spiro atoms. The maximum Gasteiger partial charge on any atom is 0.161 e. The fourth-order valence-electron chi connectivity index (χ4n) is 1.72. The van der Waals surface area contributed by atoms with Crippen LogP contribution in [0.15, 0.2) is 46.9 Å². The van der Waals surface area contributed by atoms with Crippen LogP contribution in [0.5, 0.6) is 11.5 Å². The van der Waals surface area contributed by atoms with Crippen molar-refractivity contribution in [3.8, 4) is 11.5 Å². The topological polar surface area (TPSA) is 30.5 Å². The summed E-state index contributed by atoms with van der Waals surface area (Å²) in [6, 6.07) is 12.0. The molecular weight excluding hydrogens is 325 g/mol. The summed E-state index contributed by atoms with van der Waals surface area (Å²) in [7, 11) is 1.61. The third kappa shape index (κ3) is 3.87. The first-order valence-corrected chi connectivity index (χ1v) is 6.95. The van der Waals surface area contributed by atoms with Gasteiger partial charge in [0.25, 0.3) is 0 Å². The van der Waals surface area contributed by atoms with Crippen molar-refractivity contribution in [1.82, 2.24) is 0 Å². The van der Waals surface area contributed by atoms with Crippen LogP contribution in [0, 0.1) is 5.82 Å². The highest BCUT2D eigenvalue weighted by Gasteiger charge is 2.03. The Kier molecular flexibility index (Phi) is 5.24. The Morgan fingerprint density at radius 3 is 2.60 bits per heavy atom. The van der Waals surface area contributed by atoms with Crippen molar-refractivity contribution in [2.45, 2.75) is 0 Å². The van der Waals surface area contributed by atoms with E-state index in [0.29, 0.717) is 29.1 Å². The summed E-state index contributed by atoms with van der Waals surface area (Å²) in [5.74, 6) is 1.14. The fraction of sp³-hybridized carbons (Fsp3) is 0.200. The molecule has 0 radical (unpaired) electrons. The molecule has 106 valence electrons. The molecule has 2 aromatic rings. The second-order valence-corrected chi connectivity index (χ2v) is 4.90. The molecule has 5 heteroatoms. The quantitative estimate of drug-likeness (QED) is 0.804. The van der Waals surface area contributed by atoms with Gasteiger partial charge in [-0.25, -0.2) is 4.39 Å². The van der Waals surface area contributed by atoms with Gasteiger partial charge in [0.05, 0.1) is 7.11 Å². The van der Waals surface area contributed by atoms with Crippen LogP contribution in [-0.2, 0) is 0 Å². The summed E-state index contributed by atoms with van der Waals surface area (Å²) < 4.78 is 24.5. The van der Waals surface area contributed by atoms with Crippen molar-refractivity contribution in [3.63, 3.8) is 0 Å². The minimum Gasteiger partial charge on any atom is -0.493 e. The van der Waals surface area contributed by atoms with E-state index in [1.54, 1.807) is 13.2 Å². The van der Waals surface area contributed by atoms with Crippen LogP contribution in [-0.4, -0.2) is 20.3 Å². The number of methoxy groups -OCH3 is 1. The Balaban J connectivity index is 1.84. The Bertz CT molecular complexity index is 578. The van der Waals surface area contributed by atoms with Crippen molar-refractivity contribution in [2.24, 2.45) is 0 Å². The monoisotopic (exact) mass is 339 g/mol. The Hall–Kier alpha value is -1.75. The van der Waals surface area contributed by atoms with E-state index in [0.717, 1.165) is 5.69 Å². The highest BCUT2D eigenvalue weighted by atomic mass is 79.9.